The lowest BCUT2D eigenvalue weighted by molar-refractivity contribution is -0.139. The zero-order valence-corrected chi connectivity index (χ0v) is 9.19. The summed E-state index contributed by atoms with van der Waals surface area (Å²) in [5, 5.41) is 35.6. The van der Waals surface area contributed by atoms with Crippen molar-refractivity contribution in [1.29, 1.82) is 0 Å². The van der Waals surface area contributed by atoms with E-state index in [-0.39, 0.29) is 0 Å². The Morgan fingerprint density at radius 1 is 1.19 bits per heavy atom. The highest BCUT2D eigenvalue weighted by atomic mass is 31.2. The first kappa shape index (κ1) is 15.7. The molecule has 0 heterocycles. The van der Waals surface area contributed by atoms with Crippen molar-refractivity contribution in [2.75, 3.05) is 12.8 Å². The molecule has 96 valence electrons. The second-order valence-electron chi connectivity index (χ2n) is 3.29. The Morgan fingerprint density at radius 3 is 2.06 bits per heavy atom. The number of ketones is 1. The minimum absolute atomic E-state index is 0.624. The van der Waals surface area contributed by atoms with Crippen LogP contribution in [0.4, 0.5) is 0 Å². The van der Waals surface area contributed by atoms with Crippen LogP contribution in [-0.2, 0) is 9.36 Å². The van der Waals surface area contributed by atoms with Gasteiger partial charge in [-0.1, -0.05) is 0 Å². The van der Waals surface area contributed by atoms with E-state index in [2.05, 4.69) is 0 Å². The van der Waals surface area contributed by atoms with Gasteiger partial charge in [0.25, 0.3) is 0 Å². The predicted octanol–water partition coefficient (Wildman–Crippen LogP) is -2.80. The van der Waals surface area contributed by atoms with Gasteiger partial charge in [-0.25, -0.2) is 0 Å². The zero-order valence-electron chi connectivity index (χ0n) is 8.30. The number of aliphatic hydroxyl groups is 4. The van der Waals surface area contributed by atoms with Gasteiger partial charge in [0.15, 0.2) is 5.78 Å². The van der Waals surface area contributed by atoms with Crippen LogP contribution in [0.5, 0.6) is 0 Å². The van der Waals surface area contributed by atoms with E-state index in [0.29, 0.717) is 0 Å². The first-order valence-corrected chi connectivity index (χ1v) is 6.21. The molecule has 0 aromatic carbocycles. The van der Waals surface area contributed by atoms with Crippen LogP contribution < -0.4 is 0 Å². The molecule has 9 heteroatoms. The van der Waals surface area contributed by atoms with E-state index >= 15 is 0 Å². The van der Waals surface area contributed by atoms with Crippen LogP contribution in [-0.4, -0.2) is 67.1 Å². The molecule has 0 aromatic heterocycles. The third-order valence-electron chi connectivity index (χ3n) is 1.88. The summed E-state index contributed by atoms with van der Waals surface area (Å²) >= 11 is 0. The van der Waals surface area contributed by atoms with Gasteiger partial charge in [-0.05, 0) is 0 Å². The van der Waals surface area contributed by atoms with Crippen LogP contribution in [0.15, 0.2) is 0 Å². The van der Waals surface area contributed by atoms with Crippen molar-refractivity contribution in [3.05, 3.63) is 0 Å². The number of rotatable bonds is 7. The molecular formula is C7H15O8P. The summed E-state index contributed by atoms with van der Waals surface area (Å²) in [5.74, 6) is -1.01. The van der Waals surface area contributed by atoms with Gasteiger partial charge in [0.2, 0.25) is 0 Å². The number of hydrogen-bond acceptors (Lipinski definition) is 6. The smallest absolute Gasteiger partial charge is 0.326 e. The van der Waals surface area contributed by atoms with Gasteiger partial charge in [-0.3, -0.25) is 9.36 Å². The monoisotopic (exact) mass is 258 g/mol. The summed E-state index contributed by atoms with van der Waals surface area (Å²) in [5.41, 5.74) is 0. The number of hydrogen-bond donors (Lipinski definition) is 6. The second-order valence-corrected chi connectivity index (χ2v) is 5.07. The van der Waals surface area contributed by atoms with Crippen molar-refractivity contribution in [2.24, 2.45) is 0 Å². The Bertz CT molecular complexity index is 274. The van der Waals surface area contributed by atoms with Crippen molar-refractivity contribution in [1.82, 2.24) is 0 Å². The molecule has 16 heavy (non-hydrogen) atoms. The van der Waals surface area contributed by atoms with E-state index in [1.807, 2.05) is 0 Å². The Morgan fingerprint density at radius 2 is 1.69 bits per heavy atom. The maximum atomic E-state index is 11.1. The molecule has 0 amide bonds. The molecule has 6 N–H and O–H groups in total. The van der Waals surface area contributed by atoms with Crippen LogP contribution in [0.25, 0.3) is 0 Å². The van der Waals surface area contributed by atoms with Crippen LogP contribution in [0.3, 0.4) is 0 Å². The van der Waals surface area contributed by atoms with E-state index in [1.165, 1.54) is 0 Å². The molecule has 0 radical (unpaired) electrons. The fourth-order valence-electron chi connectivity index (χ4n) is 0.913. The standard InChI is InChI=1S/C7H15O8P/c8-3-5(10)7(12)6(11)4(9)1-2-16(13,14)15/h5-8,10-12H,1-3H2,(H2,13,14,15)/t5-,6?,7?/m0/s1. The molecule has 0 spiro atoms. The first-order chi connectivity index (χ1) is 7.19. The summed E-state index contributed by atoms with van der Waals surface area (Å²) in [6.45, 7) is -0.843. The largest absolute Gasteiger partial charge is 0.394 e. The highest BCUT2D eigenvalue weighted by Gasteiger charge is 2.30. The summed E-state index contributed by atoms with van der Waals surface area (Å²) in [7, 11) is -4.35. The minimum Gasteiger partial charge on any atom is -0.394 e. The molecule has 0 aromatic rings. The van der Waals surface area contributed by atoms with Gasteiger partial charge >= 0.3 is 7.60 Å². The van der Waals surface area contributed by atoms with Gasteiger partial charge in [0, 0.05) is 6.42 Å². The highest BCUT2D eigenvalue weighted by molar-refractivity contribution is 7.51. The summed E-state index contributed by atoms with van der Waals surface area (Å²) in [6, 6.07) is 0. The molecule has 8 nitrogen and oxygen atoms in total. The summed E-state index contributed by atoms with van der Waals surface area (Å²) in [4.78, 5) is 28.0. The Hall–Kier alpha value is -0.340. The van der Waals surface area contributed by atoms with Gasteiger partial charge < -0.3 is 30.2 Å². The van der Waals surface area contributed by atoms with Crippen LogP contribution in [0.1, 0.15) is 6.42 Å². The van der Waals surface area contributed by atoms with Crippen molar-refractivity contribution in [3.63, 3.8) is 0 Å². The van der Waals surface area contributed by atoms with Crippen molar-refractivity contribution >= 4 is 13.4 Å². The molecule has 2 unspecified atom stereocenters. The molecule has 0 rings (SSSR count). The van der Waals surface area contributed by atoms with Crippen molar-refractivity contribution < 1.29 is 39.6 Å². The molecule has 0 saturated carbocycles. The van der Waals surface area contributed by atoms with E-state index in [0.717, 1.165) is 0 Å². The maximum Gasteiger partial charge on any atom is 0.326 e. The maximum absolute atomic E-state index is 11.1. The molecule has 0 aliphatic carbocycles. The topological polar surface area (TPSA) is 156 Å². The lowest BCUT2D eigenvalue weighted by Crippen LogP contribution is -2.44. The van der Waals surface area contributed by atoms with Gasteiger partial charge in [0.05, 0.1) is 12.8 Å². The molecule has 0 fully saturated rings. The van der Waals surface area contributed by atoms with E-state index in [9.17, 15) is 9.36 Å². The number of aliphatic hydroxyl groups excluding tert-OH is 4. The average Bonchev–Trinajstić information content (AvgIpc) is 2.21. The first-order valence-electron chi connectivity index (χ1n) is 4.41. The van der Waals surface area contributed by atoms with E-state index in [4.69, 9.17) is 30.2 Å². The Kier molecular flexibility index (Phi) is 6.27. The Labute approximate surface area is 91.3 Å². The molecule has 0 bridgehead atoms. The average molecular weight is 258 g/mol. The fourth-order valence-corrected chi connectivity index (χ4v) is 1.42. The third-order valence-corrected chi connectivity index (χ3v) is 2.69. The Balaban J connectivity index is 4.23. The molecule has 0 aliphatic heterocycles. The SMILES string of the molecule is O=C(CCP(=O)(O)O)C(O)C(O)[C@@H](O)CO. The third kappa shape index (κ3) is 5.66. The molecule has 3 atom stereocenters. The number of carbonyl (C=O) groups excluding carboxylic acids is 1. The van der Waals surface area contributed by atoms with Gasteiger partial charge in [-0.15, -0.1) is 0 Å². The lowest BCUT2D eigenvalue weighted by atomic mass is 10.0. The molecule has 0 saturated heterocycles. The number of Topliss-reactive ketones (excluding diaryl/α,β-unsaturated/α-hetero) is 1. The quantitative estimate of drug-likeness (QED) is 0.267. The summed E-state index contributed by atoms with van der Waals surface area (Å²) < 4.78 is 10.4. The minimum atomic E-state index is -4.35. The normalized spacial score (nSPS) is 17.9. The number of carbonyl (C=O) groups is 1. The molecular weight excluding hydrogens is 243 g/mol. The van der Waals surface area contributed by atoms with E-state index < -0.39 is 50.9 Å². The van der Waals surface area contributed by atoms with Crippen molar-refractivity contribution in [2.45, 2.75) is 24.7 Å². The highest BCUT2D eigenvalue weighted by Crippen LogP contribution is 2.35. The van der Waals surface area contributed by atoms with E-state index in [1.54, 1.807) is 0 Å². The lowest BCUT2D eigenvalue weighted by Gasteiger charge is -2.20. The van der Waals surface area contributed by atoms with Crippen molar-refractivity contribution in [3.8, 4) is 0 Å². The van der Waals surface area contributed by atoms with Gasteiger partial charge in [0.1, 0.15) is 18.3 Å². The zero-order chi connectivity index (χ0) is 12.9. The van der Waals surface area contributed by atoms with Gasteiger partial charge in [-0.2, -0.15) is 0 Å². The predicted molar refractivity (Wildman–Crippen MR) is 51.6 cm³/mol. The molecule has 0 aliphatic rings. The van der Waals surface area contributed by atoms with Crippen LogP contribution in [0.2, 0.25) is 0 Å². The van der Waals surface area contributed by atoms with Crippen LogP contribution in [0, 0.1) is 0 Å². The van der Waals surface area contributed by atoms with Crippen LogP contribution >= 0.6 is 7.60 Å². The second kappa shape index (κ2) is 6.41. The fraction of sp³-hybridized carbons (Fsp3) is 0.857. The summed E-state index contributed by atoms with van der Waals surface area (Å²) in [6.07, 6.45) is -6.91.